The van der Waals surface area contributed by atoms with Gasteiger partial charge in [0.25, 0.3) is 0 Å². The van der Waals surface area contributed by atoms with Gasteiger partial charge in [0.15, 0.2) is 11.4 Å². The summed E-state index contributed by atoms with van der Waals surface area (Å²) in [6, 6.07) is 6.03. The van der Waals surface area contributed by atoms with Crippen LogP contribution in [0.5, 0.6) is 0 Å². The number of ether oxygens (including phenoxy) is 1. The second kappa shape index (κ2) is 4.34. The minimum absolute atomic E-state index is 0.104. The summed E-state index contributed by atoms with van der Waals surface area (Å²) < 4.78 is 18.5. The molecule has 86 valence electrons. The fourth-order valence-electron chi connectivity index (χ4n) is 2.23. The molecule has 0 N–H and O–H groups in total. The molecule has 1 fully saturated rings. The second-order valence-electron chi connectivity index (χ2n) is 4.06. The van der Waals surface area contributed by atoms with Gasteiger partial charge in [0.2, 0.25) is 0 Å². The first-order chi connectivity index (χ1) is 7.69. The van der Waals surface area contributed by atoms with Crippen LogP contribution in [-0.2, 0) is 15.1 Å². The summed E-state index contributed by atoms with van der Waals surface area (Å²) in [5.41, 5.74) is -0.0764. The maximum absolute atomic E-state index is 12.9. The molecule has 1 unspecified atom stereocenters. The van der Waals surface area contributed by atoms with E-state index in [1.54, 1.807) is 12.1 Å². The van der Waals surface area contributed by atoms with Gasteiger partial charge >= 0.3 is 0 Å². The molecule has 0 bridgehead atoms. The number of hydrogen-bond donors (Lipinski definition) is 0. The van der Waals surface area contributed by atoms with Gasteiger partial charge in [-0.1, -0.05) is 19.1 Å². The van der Waals surface area contributed by atoms with Crippen LogP contribution in [0.25, 0.3) is 0 Å². The Bertz CT molecular complexity index is 385. The first-order valence-corrected chi connectivity index (χ1v) is 5.62. The van der Waals surface area contributed by atoms with Crippen molar-refractivity contribution in [2.24, 2.45) is 0 Å². The molecular weight excluding hydrogens is 207 g/mol. The Hall–Kier alpha value is -1.22. The number of carbonyl (C=O) groups is 1. The predicted molar refractivity (Wildman–Crippen MR) is 58.6 cm³/mol. The first kappa shape index (κ1) is 11.3. The third-order valence-corrected chi connectivity index (χ3v) is 3.16. The van der Waals surface area contributed by atoms with E-state index in [1.165, 1.54) is 12.1 Å². The smallest absolute Gasteiger partial charge is 0.169 e. The number of carbonyl (C=O) groups excluding carboxylic acids is 1. The lowest BCUT2D eigenvalue weighted by Gasteiger charge is -2.35. The van der Waals surface area contributed by atoms with Crippen molar-refractivity contribution in [2.45, 2.75) is 31.8 Å². The average Bonchev–Trinajstić information content (AvgIpc) is 2.31. The summed E-state index contributed by atoms with van der Waals surface area (Å²) in [5, 5.41) is 0. The summed E-state index contributed by atoms with van der Waals surface area (Å²) in [7, 11) is 0. The molecular formula is C13H15FO2. The molecule has 0 radical (unpaired) electrons. The number of rotatable bonds is 2. The van der Waals surface area contributed by atoms with E-state index in [1.807, 2.05) is 6.92 Å². The van der Waals surface area contributed by atoms with Crippen LogP contribution in [0, 0.1) is 5.82 Å². The molecule has 3 heteroatoms. The predicted octanol–water partition coefficient (Wildman–Crippen LogP) is 2.81. The zero-order valence-corrected chi connectivity index (χ0v) is 9.33. The van der Waals surface area contributed by atoms with Crippen molar-refractivity contribution in [3.63, 3.8) is 0 Å². The van der Waals surface area contributed by atoms with Crippen LogP contribution in [0.1, 0.15) is 31.7 Å². The molecule has 1 saturated heterocycles. The molecule has 0 aromatic heterocycles. The van der Waals surface area contributed by atoms with Gasteiger partial charge in [-0.25, -0.2) is 4.39 Å². The van der Waals surface area contributed by atoms with Crippen molar-refractivity contribution < 1.29 is 13.9 Å². The fourth-order valence-corrected chi connectivity index (χ4v) is 2.23. The number of benzene rings is 1. The van der Waals surface area contributed by atoms with Crippen LogP contribution in [0.2, 0.25) is 0 Å². The molecule has 0 amide bonds. The molecule has 2 rings (SSSR count). The van der Waals surface area contributed by atoms with E-state index in [2.05, 4.69) is 0 Å². The van der Waals surface area contributed by atoms with Gasteiger partial charge in [0.05, 0.1) is 0 Å². The van der Waals surface area contributed by atoms with Crippen LogP contribution >= 0.6 is 0 Å². The number of Topliss-reactive ketones (excluding diaryl/α,β-unsaturated/α-hetero) is 1. The normalized spacial score (nSPS) is 25.8. The molecule has 1 aliphatic rings. The molecule has 0 aliphatic carbocycles. The standard InChI is InChI=1S/C13H15FO2/c1-2-13(12(15)4-3-9-16-13)10-5-7-11(14)8-6-10/h5-8H,2-4,9H2,1H3. The Balaban J connectivity index is 2.40. The van der Waals surface area contributed by atoms with Crippen LogP contribution in [0.4, 0.5) is 4.39 Å². The van der Waals surface area contributed by atoms with Gasteiger partial charge in [0.1, 0.15) is 5.82 Å². The minimum Gasteiger partial charge on any atom is -0.362 e. The van der Waals surface area contributed by atoms with Crippen LogP contribution in [-0.4, -0.2) is 12.4 Å². The Morgan fingerprint density at radius 1 is 1.38 bits per heavy atom. The highest BCUT2D eigenvalue weighted by molar-refractivity contribution is 5.89. The van der Waals surface area contributed by atoms with Crippen LogP contribution < -0.4 is 0 Å². The third-order valence-electron chi connectivity index (χ3n) is 3.16. The Kier molecular flexibility index (Phi) is 3.06. The van der Waals surface area contributed by atoms with E-state index in [-0.39, 0.29) is 11.6 Å². The monoisotopic (exact) mass is 222 g/mol. The van der Waals surface area contributed by atoms with Crippen molar-refractivity contribution in [3.8, 4) is 0 Å². The van der Waals surface area contributed by atoms with Crippen molar-refractivity contribution in [1.29, 1.82) is 0 Å². The maximum atomic E-state index is 12.9. The molecule has 1 aliphatic heterocycles. The van der Waals surface area contributed by atoms with E-state index in [4.69, 9.17) is 4.74 Å². The Labute approximate surface area is 94.4 Å². The zero-order valence-electron chi connectivity index (χ0n) is 9.33. The van der Waals surface area contributed by atoms with E-state index >= 15 is 0 Å². The van der Waals surface area contributed by atoms with Crippen molar-refractivity contribution >= 4 is 5.78 Å². The van der Waals surface area contributed by atoms with Gasteiger partial charge in [0, 0.05) is 13.0 Å². The van der Waals surface area contributed by atoms with Crippen LogP contribution in [0.15, 0.2) is 24.3 Å². The topological polar surface area (TPSA) is 26.3 Å². The highest BCUT2D eigenvalue weighted by Crippen LogP contribution is 2.35. The molecule has 1 heterocycles. The van der Waals surface area contributed by atoms with Gasteiger partial charge in [-0.3, -0.25) is 4.79 Å². The van der Waals surface area contributed by atoms with E-state index in [0.717, 1.165) is 12.0 Å². The van der Waals surface area contributed by atoms with Gasteiger partial charge in [-0.15, -0.1) is 0 Å². The van der Waals surface area contributed by atoms with Crippen LogP contribution in [0.3, 0.4) is 0 Å². The summed E-state index contributed by atoms with van der Waals surface area (Å²) in [5.74, 6) is -0.189. The average molecular weight is 222 g/mol. The van der Waals surface area contributed by atoms with E-state index < -0.39 is 5.60 Å². The molecule has 1 aromatic carbocycles. The number of hydrogen-bond acceptors (Lipinski definition) is 2. The molecule has 0 spiro atoms. The third kappa shape index (κ3) is 1.76. The van der Waals surface area contributed by atoms with Gasteiger partial charge < -0.3 is 4.74 Å². The van der Waals surface area contributed by atoms with Gasteiger partial charge in [-0.05, 0) is 30.5 Å². The SMILES string of the molecule is CCC1(c2ccc(F)cc2)OCCCC1=O. The molecule has 0 saturated carbocycles. The largest absolute Gasteiger partial charge is 0.362 e. The van der Waals surface area contributed by atoms with Crippen molar-refractivity contribution in [2.75, 3.05) is 6.61 Å². The number of halogens is 1. The lowest BCUT2D eigenvalue weighted by Crippen LogP contribution is -2.41. The highest BCUT2D eigenvalue weighted by Gasteiger charge is 2.41. The summed E-state index contributed by atoms with van der Waals surface area (Å²) in [6.45, 7) is 2.52. The summed E-state index contributed by atoms with van der Waals surface area (Å²) >= 11 is 0. The van der Waals surface area contributed by atoms with Crippen molar-refractivity contribution in [1.82, 2.24) is 0 Å². The fraction of sp³-hybridized carbons (Fsp3) is 0.462. The summed E-state index contributed by atoms with van der Waals surface area (Å²) in [4.78, 5) is 12.0. The quantitative estimate of drug-likeness (QED) is 0.769. The molecule has 1 atom stereocenters. The highest BCUT2D eigenvalue weighted by atomic mass is 19.1. The molecule has 1 aromatic rings. The summed E-state index contributed by atoms with van der Waals surface area (Å²) in [6.07, 6.45) is 1.92. The minimum atomic E-state index is -0.841. The zero-order chi connectivity index (χ0) is 11.6. The first-order valence-electron chi connectivity index (χ1n) is 5.62. The Morgan fingerprint density at radius 3 is 2.62 bits per heavy atom. The second-order valence-corrected chi connectivity index (χ2v) is 4.06. The Morgan fingerprint density at radius 2 is 2.06 bits per heavy atom. The number of ketones is 1. The van der Waals surface area contributed by atoms with Crippen molar-refractivity contribution in [3.05, 3.63) is 35.6 Å². The van der Waals surface area contributed by atoms with Gasteiger partial charge in [-0.2, -0.15) is 0 Å². The lowest BCUT2D eigenvalue weighted by atomic mass is 9.83. The molecule has 16 heavy (non-hydrogen) atoms. The maximum Gasteiger partial charge on any atom is 0.169 e. The van der Waals surface area contributed by atoms with E-state index in [9.17, 15) is 9.18 Å². The van der Waals surface area contributed by atoms with E-state index in [0.29, 0.717) is 19.4 Å². The molecule has 2 nitrogen and oxygen atoms in total. The lowest BCUT2D eigenvalue weighted by molar-refractivity contribution is -0.155.